The summed E-state index contributed by atoms with van der Waals surface area (Å²) in [4.78, 5) is 6.89. The molecule has 6 nitrogen and oxygen atoms in total. The number of hydrogen-bond donors (Lipinski definition) is 1. The number of nitrogens with one attached hydrogen (secondary N) is 1. The van der Waals surface area contributed by atoms with Gasteiger partial charge in [-0.1, -0.05) is 12.1 Å². The van der Waals surface area contributed by atoms with Gasteiger partial charge in [0.25, 0.3) is 0 Å². The zero-order valence-electron chi connectivity index (χ0n) is 16.4. The third kappa shape index (κ3) is 6.43. The van der Waals surface area contributed by atoms with Crippen molar-refractivity contribution < 1.29 is 4.74 Å². The number of rotatable bonds is 9. The summed E-state index contributed by atoms with van der Waals surface area (Å²) in [6.45, 7) is 10.1. The number of aliphatic imine (C=N–C) groups is 1. The highest BCUT2D eigenvalue weighted by Crippen LogP contribution is 2.13. The minimum absolute atomic E-state index is 0.689. The Morgan fingerprint density at radius 3 is 2.65 bits per heavy atom. The number of guanidine groups is 1. The predicted octanol–water partition coefficient (Wildman–Crippen LogP) is 3.08. The molecule has 0 amide bonds. The molecule has 1 aromatic carbocycles. The molecule has 2 aromatic rings. The van der Waals surface area contributed by atoms with E-state index in [-0.39, 0.29) is 0 Å². The Morgan fingerprint density at radius 1 is 1.27 bits per heavy atom. The highest BCUT2D eigenvalue weighted by atomic mass is 16.5. The van der Waals surface area contributed by atoms with Crippen LogP contribution in [-0.2, 0) is 13.1 Å². The summed E-state index contributed by atoms with van der Waals surface area (Å²) in [5.74, 6) is 1.84. The maximum absolute atomic E-state index is 5.50. The van der Waals surface area contributed by atoms with Gasteiger partial charge < -0.3 is 15.0 Å². The normalized spacial score (nSPS) is 11.5. The van der Waals surface area contributed by atoms with Crippen molar-refractivity contribution in [3.05, 3.63) is 47.8 Å². The van der Waals surface area contributed by atoms with Crippen molar-refractivity contribution >= 4 is 5.96 Å². The number of hydrogen-bond acceptors (Lipinski definition) is 3. The summed E-state index contributed by atoms with van der Waals surface area (Å²) in [6, 6.07) is 8.24. The van der Waals surface area contributed by atoms with E-state index in [1.165, 1.54) is 11.1 Å². The van der Waals surface area contributed by atoms with Crippen LogP contribution in [0, 0.1) is 6.92 Å². The Balaban J connectivity index is 1.87. The second-order valence-corrected chi connectivity index (χ2v) is 6.30. The predicted molar refractivity (Wildman–Crippen MR) is 107 cm³/mol. The summed E-state index contributed by atoms with van der Waals surface area (Å²) >= 11 is 0. The largest absolute Gasteiger partial charge is 0.494 e. The van der Waals surface area contributed by atoms with Gasteiger partial charge in [-0.25, -0.2) is 0 Å². The molecule has 1 aromatic heterocycles. The lowest BCUT2D eigenvalue weighted by molar-refractivity contribution is 0.340. The van der Waals surface area contributed by atoms with Crippen LogP contribution >= 0.6 is 0 Å². The van der Waals surface area contributed by atoms with Crippen LogP contribution in [0.3, 0.4) is 0 Å². The monoisotopic (exact) mass is 357 g/mol. The molecule has 1 heterocycles. The molecule has 0 unspecified atom stereocenters. The molecule has 0 aliphatic heterocycles. The molecule has 6 heteroatoms. The highest BCUT2D eigenvalue weighted by Gasteiger charge is 2.06. The minimum Gasteiger partial charge on any atom is -0.494 e. The average molecular weight is 358 g/mol. The van der Waals surface area contributed by atoms with Gasteiger partial charge in [0.2, 0.25) is 0 Å². The number of benzene rings is 1. The highest BCUT2D eigenvalue weighted by molar-refractivity contribution is 5.79. The lowest BCUT2D eigenvalue weighted by Crippen LogP contribution is -2.38. The second-order valence-electron chi connectivity index (χ2n) is 6.30. The third-order valence-electron chi connectivity index (χ3n) is 3.92. The van der Waals surface area contributed by atoms with Gasteiger partial charge in [-0.2, -0.15) is 5.10 Å². The molecule has 2 rings (SSSR count). The topological polar surface area (TPSA) is 54.7 Å². The number of nitrogens with zero attached hydrogens (tertiary/aromatic N) is 4. The van der Waals surface area contributed by atoms with Gasteiger partial charge >= 0.3 is 0 Å². The van der Waals surface area contributed by atoms with E-state index in [1.54, 1.807) is 0 Å². The molecule has 0 bridgehead atoms. The zero-order valence-corrected chi connectivity index (χ0v) is 16.4. The van der Waals surface area contributed by atoms with E-state index in [2.05, 4.69) is 54.5 Å². The summed E-state index contributed by atoms with van der Waals surface area (Å²) in [7, 11) is 2.06. The Kier molecular flexibility index (Phi) is 7.99. The Labute approximate surface area is 156 Å². The molecular formula is C20H31N5O. The Bertz CT molecular complexity index is 678. The fraction of sp³-hybridized carbons (Fsp3) is 0.500. The molecule has 0 spiro atoms. The minimum atomic E-state index is 0.689. The smallest absolute Gasteiger partial charge is 0.193 e. The van der Waals surface area contributed by atoms with E-state index < -0.39 is 0 Å². The first-order chi connectivity index (χ1) is 12.6. The third-order valence-corrected chi connectivity index (χ3v) is 3.92. The van der Waals surface area contributed by atoms with Gasteiger partial charge in [0.15, 0.2) is 5.96 Å². The standard InChI is InChI=1S/C20H31N5O/c1-5-21-20(22-12-7-13-25-15-17(3)14-23-25)24(4)16-18-8-10-19(11-9-18)26-6-2/h8-11,14-15H,5-7,12-13,16H2,1-4H3,(H,21,22). The molecule has 0 aliphatic rings. The van der Waals surface area contributed by atoms with Crippen LogP contribution in [0.5, 0.6) is 5.75 Å². The van der Waals surface area contributed by atoms with Gasteiger partial charge in [0.1, 0.15) is 5.75 Å². The molecule has 0 fully saturated rings. The fourth-order valence-corrected chi connectivity index (χ4v) is 2.68. The molecule has 0 aliphatic carbocycles. The van der Waals surface area contributed by atoms with Gasteiger partial charge in [0, 0.05) is 39.4 Å². The number of ether oxygens (including phenoxy) is 1. The molecular weight excluding hydrogens is 326 g/mol. The lowest BCUT2D eigenvalue weighted by Gasteiger charge is -2.22. The molecule has 0 radical (unpaired) electrons. The Morgan fingerprint density at radius 2 is 2.04 bits per heavy atom. The average Bonchev–Trinajstić information content (AvgIpc) is 3.05. The van der Waals surface area contributed by atoms with Crippen LogP contribution in [0.2, 0.25) is 0 Å². The molecule has 1 N–H and O–H groups in total. The van der Waals surface area contributed by atoms with Crippen molar-refractivity contribution in [3.8, 4) is 5.75 Å². The van der Waals surface area contributed by atoms with Crippen molar-refractivity contribution in [2.75, 3.05) is 26.7 Å². The quantitative estimate of drug-likeness (QED) is 0.426. The van der Waals surface area contributed by atoms with Crippen LogP contribution in [0.1, 0.15) is 31.4 Å². The van der Waals surface area contributed by atoms with E-state index in [1.807, 2.05) is 29.9 Å². The van der Waals surface area contributed by atoms with E-state index >= 15 is 0 Å². The van der Waals surface area contributed by atoms with Crippen molar-refractivity contribution in [2.45, 2.75) is 40.3 Å². The number of aromatic nitrogens is 2. The van der Waals surface area contributed by atoms with E-state index in [0.717, 1.165) is 44.3 Å². The van der Waals surface area contributed by atoms with Crippen LogP contribution in [0.15, 0.2) is 41.7 Å². The fourth-order valence-electron chi connectivity index (χ4n) is 2.68. The first-order valence-corrected chi connectivity index (χ1v) is 9.32. The summed E-state index contributed by atoms with van der Waals surface area (Å²) in [5, 5.41) is 7.68. The van der Waals surface area contributed by atoms with E-state index in [0.29, 0.717) is 6.61 Å². The van der Waals surface area contributed by atoms with Crippen molar-refractivity contribution in [1.29, 1.82) is 0 Å². The van der Waals surface area contributed by atoms with E-state index in [4.69, 9.17) is 9.73 Å². The lowest BCUT2D eigenvalue weighted by atomic mass is 10.2. The van der Waals surface area contributed by atoms with Gasteiger partial charge in [-0.3, -0.25) is 9.67 Å². The van der Waals surface area contributed by atoms with Crippen LogP contribution < -0.4 is 10.1 Å². The second kappa shape index (κ2) is 10.5. The van der Waals surface area contributed by atoms with Crippen molar-refractivity contribution in [1.82, 2.24) is 20.0 Å². The summed E-state index contributed by atoms with van der Waals surface area (Å²) < 4.78 is 7.47. The van der Waals surface area contributed by atoms with Crippen LogP contribution in [0.25, 0.3) is 0 Å². The van der Waals surface area contributed by atoms with Crippen molar-refractivity contribution in [3.63, 3.8) is 0 Å². The number of aryl methyl sites for hydroxylation is 2. The Hall–Kier alpha value is -2.50. The van der Waals surface area contributed by atoms with Crippen LogP contribution in [-0.4, -0.2) is 47.4 Å². The molecule has 142 valence electrons. The van der Waals surface area contributed by atoms with Gasteiger partial charge in [-0.15, -0.1) is 0 Å². The van der Waals surface area contributed by atoms with Gasteiger partial charge in [-0.05, 0) is 50.5 Å². The van der Waals surface area contributed by atoms with E-state index in [9.17, 15) is 0 Å². The molecule has 0 saturated heterocycles. The maximum atomic E-state index is 5.50. The maximum Gasteiger partial charge on any atom is 0.193 e. The zero-order chi connectivity index (χ0) is 18.8. The summed E-state index contributed by atoms with van der Waals surface area (Å²) in [5.41, 5.74) is 2.42. The van der Waals surface area contributed by atoms with Crippen LogP contribution in [0.4, 0.5) is 0 Å². The first kappa shape index (κ1) is 19.8. The first-order valence-electron chi connectivity index (χ1n) is 9.32. The molecule has 0 saturated carbocycles. The van der Waals surface area contributed by atoms with Crippen molar-refractivity contribution in [2.24, 2.45) is 4.99 Å². The molecule has 26 heavy (non-hydrogen) atoms. The summed E-state index contributed by atoms with van der Waals surface area (Å²) in [6.07, 6.45) is 4.91. The van der Waals surface area contributed by atoms with Gasteiger partial charge in [0.05, 0.1) is 12.8 Å². The SMILES string of the molecule is CCNC(=NCCCn1cc(C)cn1)N(C)Cc1ccc(OCC)cc1. The molecule has 0 atom stereocenters.